The van der Waals surface area contributed by atoms with Crippen LogP contribution in [0, 0.1) is 11.3 Å². The lowest BCUT2D eigenvalue weighted by atomic mass is 9.67. The van der Waals surface area contributed by atoms with Gasteiger partial charge in [0.05, 0.1) is 0 Å². The molecule has 3 heteroatoms. The van der Waals surface area contributed by atoms with Gasteiger partial charge in [0.2, 0.25) is 0 Å². The molecule has 0 bridgehead atoms. The van der Waals surface area contributed by atoms with Crippen LogP contribution in [0.5, 0.6) is 0 Å². The summed E-state index contributed by atoms with van der Waals surface area (Å²) in [6.07, 6.45) is 1.02. The summed E-state index contributed by atoms with van der Waals surface area (Å²) in [6, 6.07) is 0. The van der Waals surface area contributed by atoms with Crippen LogP contribution in [-0.4, -0.2) is 22.9 Å². The molecule has 0 saturated heterocycles. The molecule has 0 aliphatic rings. The summed E-state index contributed by atoms with van der Waals surface area (Å²) >= 11 is 5.83. The fraction of sp³-hybridized carbons (Fsp3) is 0.900. The summed E-state index contributed by atoms with van der Waals surface area (Å²) in [5.41, 5.74) is -1.85. The fourth-order valence-electron chi connectivity index (χ4n) is 1.39. The summed E-state index contributed by atoms with van der Waals surface area (Å²) < 4.78 is 0. The Kier molecular flexibility index (Phi) is 4.40. The first-order valence-corrected chi connectivity index (χ1v) is 5.16. The number of carbonyl (C=O) groups is 1. The third-order valence-corrected chi connectivity index (χ3v) is 3.83. The van der Waals surface area contributed by atoms with Crippen LogP contribution >= 0.6 is 11.6 Å². The van der Waals surface area contributed by atoms with Crippen molar-refractivity contribution < 1.29 is 9.90 Å². The van der Waals surface area contributed by atoms with Gasteiger partial charge in [-0.05, 0) is 12.3 Å². The van der Waals surface area contributed by atoms with Gasteiger partial charge in [0, 0.05) is 11.3 Å². The largest absolute Gasteiger partial charge is 0.382 e. The van der Waals surface area contributed by atoms with Gasteiger partial charge in [0.1, 0.15) is 5.60 Å². The first-order chi connectivity index (χ1) is 5.88. The molecule has 0 aromatic heterocycles. The Hall–Kier alpha value is -0.0800. The molecule has 0 radical (unpaired) electrons. The molecule has 0 heterocycles. The molecule has 0 saturated carbocycles. The van der Waals surface area contributed by atoms with Gasteiger partial charge in [-0.2, -0.15) is 0 Å². The van der Waals surface area contributed by atoms with E-state index in [0.717, 1.165) is 0 Å². The van der Waals surface area contributed by atoms with Gasteiger partial charge in [0.25, 0.3) is 0 Å². The smallest absolute Gasteiger partial charge is 0.152 e. The number of aliphatic hydroxyl groups is 1. The van der Waals surface area contributed by atoms with Crippen molar-refractivity contribution in [1.82, 2.24) is 0 Å². The molecule has 0 spiro atoms. The maximum absolute atomic E-state index is 10.9. The molecule has 2 atom stereocenters. The van der Waals surface area contributed by atoms with Crippen molar-refractivity contribution in [3.05, 3.63) is 0 Å². The van der Waals surface area contributed by atoms with E-state index in [1.54, 1.807) is 6.92 Å². The van der Waals surface area contributed by atoms with Gasteiger partial charge in [-0.1, -0.05) is 27.7 Å². The summed E-state index contributed by atoms with van der Waals surface area (Å²) in [5, 5.41) is 10.1. The molecule has 0 rings (SSSR count). The quantitative estimate of drug-likeness (QED) is 0.553. The second-order valence-corrected chi connectivity index (χ2v) is 4.37. The molecule has 1 N–H and O–H groups in total. The van der Waals surface area contributed by atoms with Gasteiger partial charge < -0.3 is 9.90 Å². The van der Waals surface area contributed by atoms with Crippen molar-refractivity contribution >= 4 is 17.9 Å². The average molecular weight is 207 g/mol. The van der Waals surface area contributed by atoms with Crippen LogP contribution in [0.25, 0.3) is 0 Å². The lowest BCUT2D eigenvalue weighted by Crippen LogP contribution is -2.51. The van der Waals surface area contributed by atoms with Gasteiger partial charge in [-0.3, -0.25) is 0 Å². The molecule has 0 aromatic carbocycles. The Morgan fingerprint density at radius 2 is 2.00 bits per heavy atom. The maximum atomic E-state index is 10.9. The Balaban J connectivity index is 5.02. The number of halogens is 1. The minimum absolute atomic E-state index is 0.167. The van der Waals surface area contributed by atoms with Gasteiger partial charge >= 0.3 is 0 Å². The maximum Gasteiger partial charge on any atom is 0.152 e. The average Bonchev–Trinajstić information content (AvgIpc) is 2.14. The van der Waals surface area contributed by atoms with Crippen LogP contribution in [0.2, 0.25) is 0 Å². The number of hydrogen-bond acceptors (Lipinski definition) is 2. The van der Waals surface area contributed by atoms with Crippen molar-refractivity contribution in [2.24, 2.45) is 11.3 Å². The topological polar surface area (TPSA) is 37.3 Å². The zero-order chi connectivity index (χ0) is 10.7. The van der Waals surface area contributed by atoms with E-state index in [9.17, 15) is 9.90 Å². The number of aldehydes is 1. The normalized spacial score (nSPS) is 20.8. The summed E-state index contributed by atoms with van der Waals surface area (Å²) in [4.78, 5) is 10.9. The van der Waals surface area contributed by atoms with Crippen LogP contribution in [0.4, 0.5) is 0 Å². The summed E-state index contributed by atoms with van der Waals surface area (Å²) in [7, 11) is 0. The molecule has 0 fully saturated rings. The summed E-state index contributed by atoms with van der Waals surface area (Å²) in [5.74, 6) is 0.452. The molecule has 2 nitrogen and oxygen atoms in total. The number of hydrogen-bond donors (Lipinski definition) is 1. The van der Waals surface area contributed by atoms with Crippen molar-refractivity contribution in [3.63, 3.8) is 0 Å². The minimum atomic E-state index is -1.30. The lowest BCUT2D eigenvalue weighted by Gasteiger charge is -2.43. The fourth-order valence-corrected chi connectivity index (χ4v) is 1.93. The molecule has 13 heavy (non-hydrogen) atoms. The first kappa shape index (κ1) is 12.9. The van der Waals surface area contributed by atoms with E-state index in [-0.39, 0.29) is 11.8 Å². The lowest BCUT2D eigenvalue weighted by molar-refractivity contribution is -0.142. The van der Waals surface area contributed by atoms with E-state index in [2.05, 4.69) is 0 Å². The Morgan fingerprint density at radius 1 is 1.54 bits per heavy atom. The van der Waals surface area contributed by atoms with Gasteiger partial charge in [-0.25, -0.2) is 0 Å². The zero-order valence-electron chi connectivity index (χ0n) is 8.80. The third-order valence-electron chi connectivity index (χ3n) is 3.27. The minimum Gasteiger partial charge on any atom is -0.382 e. The molecule has 0 amide bonds. The van der Waals surface area contributed by atoms with Gasteiger partial charge in [0.15, 0.2) is 6.29 Å². The third kappa shape index (κ3) is 2.05. The van der Waals surface area contributed by atoms with Crippen molar-refractivity contribution in [2.45, 2.75) is 39.7 Å². The monoisotopic (exact) mass is 206 g/mol. The van der Waals surface area contributed by atoms with E-state index in [1.165, 1.54) is 0 Å². The van der Waals surface area contributed by atoms with Crippen LogP contribution in [0.1, 0.15) is 34.1 Å². The molecule has 0 aromatic rings. The standard InChI is InChI=1S/C10H19ClO2/c1-5-10(13,7-12)9(4,6-11)8(2)3/h7-8,13H,5-6H2,1-4H3/t9-,10+/m1/s1. The second kappa shape index (κ2) is 4.43. The highest BCUT2D eigenvalue weighted by Gasteiger charge is 2.47. The molecule has 0 aliphatic heterocycles. The van der Waals surface area contributed by atoms with Crippen LogP contribution in [0.15, 0.2) is 0 Å². The highest BCUT2D eigenvalue weighted by Crippen LogP contribution is 2.40. The Morgan fingerprint density at radius 3 is 2.08 bits per heavy atom. The number of rotatable bonds is 5. The molecule has 0 aliphatic carbocycles. The van der Waals surface area contributed by atoms with E-state index in [0.29, 0.717) is 12.7 Å². The molecular formula is C10H19ClO2. The highest BCUT2D eigenvalue weighted by atomic mass is 35.5. The SMILES string of the molecule is CC[C@](O)(C=O)[C@](C)(CCl)C(C)C. The van der Waals surface area contributed by atoms with E-state index in [1.807, 2.05) is 20.8 Å². The van der Waals surface area contributed by atoms with E-state index >= 15 is 0 Å². The molecule has 0 unspecified atom stereocenters. The summed E-state index contributed by atoms with van der Waals surface area (Å²) in [6.45, 7) is 7.57. The Bertz CT molecular complexity index is 182. The predicted molar refractivity (Wildman–Crippen MR) is 55.0 cm³/mol. The van der Waals surface area contributed by atoms with Crippen LogP contribution in [-0.2, 0) is 4.79 Å². The zero-order valence-corrected chi connectivity index (χ0v) is 9.56. The first-order valence-electron chi connectivity index (χ1n) is 4.62. The van der Waals surface area contributed by atoms with Crippen LogP contribution in [0.3, 0.4) is 0 Å². The number of carbonyl (C=O) groups excluding carboxylic acids is 1. The van der Waals surface area contributed by atoms with E-state index in [4.69, 9.17) is 11.6 Å². The second-order valence-electron chi connectivity index (χ2n) is 4.10. The van der Waals surface area contributed by atoms with E-state index < -0.39 is 11.0 Å². The van der Waals surface area contributed by atoms with Crippen molar-refractivity contribution in [3.8, 4) is 0 Å². The van der Waals surface area contributed by atoms with Crippen molar-refractivity contribution in [2.75, 3.05) is 5.88 Å². The van der Waals surface area contributed by atoms with Crippen LogP contribution < -0.4 is 0 Å². The molecular weight excluding hydrogens is 188 g/mol. The molecule has 78 valence electrons. The predicted octanol–water partition coefficient (Wildman–Crippen LogP) is 2.23. The Labute approximate surface area is 85.3 Å². The van der Waals surface area contributed by atoms with Gasteiger partial charge in [-0.15, -0.1) is 11.6 Å². The van der Waals surface area contributed by atoms with Crippen molar-refractivity contribution in [1.29, 1.82) is 0 Å². The number of alkyl halides is 1. The highest BCUT2D eigenvalue weighted by molar-refractivity contribution is 6.18.